The molecule has 2 atom stereocenters. The van der Waals surface area contributed by atoms with Gasteiger partial charge in [0.15, 0.2) is 0 Å². The molecule has 2 N–H and O–H groups in total. The zero-order valence-electron chi connectivity index (χ0n) is 9.50. The zero-order chi connectivity index (χ0) is 12.3. The van der Waals surface area contributed by atoms with Crippen molar-refractivity contribution >= 4 is 11.4 Å². The van der Waals surface area contributed by atoms with Crippen LogP contribution in [0.1, 0.15) is 25.7 Å². The highest BCUT2D eigenvalue weighted by Crippen LogP contribution is 2.23. The van der Waals surface area contributed by atoms with Crippen LogP contribution in [0.3, 0.4) is 0 Å². The Morgan fingerprint density at radius 3 is 2.47 bits per heavy atom. The van der Waals surface area contributed by atoms with Crippen molar-refractivity contribution in [3.8, 4) is 0 Å². The van der Waals surface area contributed by atoms with Crippen LogP contribution in [-0.4, -0.2) is 22.2 Å². The summed E-state index contributed by atoms with van der Waals surface area (Å²) in [5.74, 6) is 0. The fraction of sp³-hybridized carbons (Fsp3) is 0.500. The molecule has 1 aromatic carbocycles. The van der Waals surface area contributed by atoms with Crippen LogP contribution in [0, 0.1) is 10.1 Å². The number of hydrogen-bond acceptors (Lipinski definition) is 4. The quantitative estimate of drug-likeness (QED) is 0.623. The van der Waals surface area contributed by atoms with Gasteiger partial charge in [-0.15, -0.1) is 0 Å². The summed E-state index contributed by atoms with van der Waals surface area (Å²) >= 11 is 0. The molecule has 1 aromatic rings. The van der Waals surface area contributed by atoms with Crippen LogP contribution < -0.4 is 5.32 Å². The first-order chi connectivity index (χ1) is 8.16. The third-order valence-corrected chi connectivity index (χ3v) is 3.16. The van der Waals surface area contributed by atoms with Gasteiger partial charge in [0.05, 0.1) is 17.1 Å². The molecule has 0 radical (unpaired) electrons. The number of anilines is 1. The lowest BCUT2D eigenvalue weighted by atomic mass is 9.92. The van der Waals surface area contributed by atoms with Crippen molar-refractivity contribution in [2.75, 3.05) is 5.32 Å². The highest BCUT2D eigenvalue weighted by Gasteiger charge is 2.22. The average molecular weight is 236 g/mol. The van der Waals surface area contributed by atoms with E-state index in [0.717, 1.165) is 31.4 Å². The summed E-state index contributed by atoms with van der Waals surface area (Å²) in [5.41, 5.74) is 0.904. The summed E-state index contributed by atoms with van der Waals surface area (Å²) in [4.78, 5) is 10.1. The molecule has 17 heavy (non-hydrogen) atoms. The summed E-state index contributed by atoms with van der Waals surface area (Å²) in [6, 6.07) is 6.36. The first kappa shape index (κ1) is 11.9. The van der Waals surface area contributed by atoms with E-state index in [-0.39, 0.29) is 17.8 Å². The number of aliphatic hydroxyl groups excluding tert-OH is 1. The largest absolute Gasteiger partial charge is 0.391 e. The van der Waals surface area contributed by atoms with Crippen molar-refractivity contribution in [1.29, 1.82) is 0 Å². The van der Waals surface area contributed by atoms with Gasteiger partial charge in [-0.1, -0.05) is 12.8 Å². The maximum atomic E-state index is 10.5. The molecule has 0 amide bonds. The molecular formula is C12H16N2O3. The molecule has 2 rings (SSSR count). The molecule has 1 aliphatic rings. The van der Waals surface area contributed by atoms with Crippen LogP contribution in [0.25, 0.3) is 0 Å². The summed E-state index contributed by atoms with van der Waals surface area (Å²) < 4.78 is 0. The van der Waals surface area contributed by atoms with Gasteiger partial charge < -0.3 is 10.4 Å². The summed E-state index contributed by atoms with van der Waals surface area (Å²) in [5, 5.41) is 23.5. The van der Waals surface area contributed by atoms with Gasteiger partial charge in [0.2, 0.25) is 0 Å². The summed E-state index contributed by atoms with van der Waals surface area (Å²) in [6.45, 7) is 0. The highest BCUT2D eigenvalue weighted by atomic mass is 16.6. The minimum Gasteiger partial charge on any atom is -0.391 e. The predicted molar refractivity (Wildman–Crippen MR) is 65.0 cm³/mol. The molecule has 1 saturated carbocycles. The topological polar surface area (TPSA) is 75.4 Å². The van der Waals surface area contributed by atoms with Crippen molar-refractivity contribution in [3.05, 3.63) is 34.4 Å². The van der Waals surface area contributed by atoms with E-state index in [1.54, 1.807) is 12.1 Å². The van der Waals surface area contributed by atoms with Crippen LogP contribution in [0.4, 0.5) is 11.4 Å². The van der Waals surface area contributed by atoms with Crippen molar-refractivity contribution in [2.45, 2.75) is 37.8 Å². The van der Waals surface area contributed by atoms with Crippen molar-refractivity contribution in [1.82, 2.24) is 0 Å². The number of nitrogens with zero attached hydrogens (tertiary/aromatic N) is 1. The molecule has 92 valence electrons. The van der Waals surface area contributed by atoms with E-state index in [0.29, 0.717) is 0 Å². The van der Waals surface area contributed by atoms with Gasteiger partial charge in [-0.05, 0) is 25.0 Å². The van der Waals surface area contributed by atoms with E-state index >= 15 is 0 Å². The Kier molecular flexibility index (Phi) is 3.58. The van der Waals surface area contributed by atoms with Crippen molar-refractivity contribution in [2.24, 2.45) is 0 Å². The van der Waals surface area contributed by atoms with E-state index in [9.17, 15) is 15.2 Å². The molecule has 0 spiro atoms. The third-order valence-electron chi connectivity index (χ3n) is 3.16. The first-order valence-electron chi connectivity index (χ1n) is 5.86. The molecule has 0 aliphatic heterocycles. The Labute approximate surface area is 99.6 Å². The second kappa shape index (κ2) is 5.14. The van der Waals surface area contributed by atoms with Crippen LogP contribution in [0.5, 0.6) is 0 Å². The van der Waals surface area contributed by atoms with Gasteiger partial charge in [-0.25, -0.2) is 0 Å². The van der Waals surface area contributed by atoms with Crippen molar-refractivity contribution in [3.63, 3.8) is 0 Å². The number of aliphatic hydroxyl groups is 1. The zero-order valence-corrected chi connectivity index (χ0v) is 9.50. The number of non-ortho nitro benzene ring substituents is 1. The van der Waals surface area contributed by atoms with Gasteiger partial charge in [-0.3, -0.25) is 10.1 Å². The van der Waals surface area contributed by atoms with Gasteiger partial charge in [0.1, 0.15) is 0 Å². The second-order valence-electron chi connectivity index (χ2n) is 4.41. The van der Waals surface area contributed by atoms with E-state index < -0.39 is 4.92 Å². The van der Waals surface area contributed by atoms with Crippen LogP contribution in [0.15, 0.2) is 24.3 Å². The third kappa shape index (κ3) is 2.94. The lowest BCUT2D eigenvalue weighted by Gasteiger charge is -2.29. The standard InChI is InChI=1S/C12H16N2O3/c15-12-4-2-1-3-11(12)13-9-5-7-10(8-6-9)14(16)17/h5-8,11-13,15H,1-4H2/t11-,12-/m0/s1. The summed E-state index contributed by atoms with van der Waals surface area (Å²) in [7, 11) is 0. The van der Waals surface area contributed by atoms with E-state index in [1.165, 1.54) is 12.1 Å². The molecule has 0 aromatic heterocycles. The number of nitro groups is 1. The molecule has 0 bridgehead atoms. The van der Waals surface area contributed by atoms with Crippen molar-refractivity contribution < 1.29 is 10.0 Å². The first-order valence-corrected chi connectivity index (χ1v) is 5.86. The minimum absolute atomic E-state index is 0.0604. The Morgan fingerprint density at radius 1 is 1.24 bits per heavy atom. The van der Waals surface area contributed by atoms with E-state index in [4.69, 9.17) is 0 Å². The molecular weight excluding hydrogens is 220 g/mol. The Morgan fingerprint density at radius 2 is 1.88 bits per heavy atom. The fourth-order valence-corrected chi connectivity index (χ4v) is 2.17. The molecule has 5 nitrogen and oxygen atoms in total. The maximum absolute atomic E-state index is 10.5. The number of hydrogen-bond donors (Lipinski definition) is 2. The molecule has 0 unspecified atom stereocenters. The average Bonchev–Trinajstić information content (AvgIpc) is 2.33. The molecule has 0 saturated heterocycles. The molecule has 1 aliphatic carbocycles. The van der Waals surface area contributed by atoms with Crippen LogP contribution in [0.2, 0.25) is 0 Å². The number of nitro benzene ring substituents is 1. The van der Waals surface area contributed by atoms with Gasteiger partial charge >= 0.3 is 0 Å². The monoisotopic (exact) mass is 236 g/mol. The minimum atomic E-state index is -0.417. The highest BCUT2D eigenvalue weighted by molar-refractivity contribution is 5.49. The number of nitrogens with one attached hydrogen (secondary N) is 1. The molecule has 1 fully saturated rings. The van der Waals surface area contributed by atoms with E-state index in [1.807, 2.05) is 0 Å². The maximum Gasteiger partial charge on any atom is 0.269 e. The van der Waals surface area contributed by atoms with Gasteiger partial charge in [0, 0.05) is 17.8 Å². The Hall–Kier alpha value is -1.62. The van der Waals surface area contributed by atoms with Gasteiger partial charge in [-0.2, -0.15) is 0 Å². The van der Waals surface area contributed by atoms with Gasteiger partial charge in [0.25, 0.3) is 5.69 Å². The molecule has 5 heteroatoms. The SMILES string of the molecule is O=[N+]([O-])c1ccc(N[C@H]2CCCC[C@@H]2O)cc1. The summed E-state index contributed by atoms with van der Waals surface area (Å²) in [6.07, 6.45) is 3.63. The molecule has 0 heterocycles. The van der Waals surface area contributed by atoms with Crippen LogP contribution >= 0.6 is 0 Å². The second-order valence-corrected chi connectivity index (χ2v) is 4.41. The normalized spacial score (nSPS) is 24.3. The predicted octanol–water partition coefficient (Wildman–Crippen LogP) is 2.31. The Balaban J connectivity index is 2.00. The Bertz CT molecular complexity index is 391. The lowest BCUT2D eigenvalue weighted by molar-refractivity contribution is -0.384. The lowest BCUT2D eigenvalue weighted by Crippen LogP contribution is -2.36. The van der Waals surface area contributed by atoms with Crippen LogP contribution in [-0.2, 0) is 0 Å². The number of rotatable bonds is 3. The smallest absolute Gasteiger partial charge is 0.269 e. The van der Waals surface area contributed by atoms with E-state index in [2.05, 4.69) is 5.32 Å². The number of benzene rings is 1. The fourth-order valence-electron chi connectivity index (χ4n) is 2.17.